The first kappa shape index (κ1) is 14.6. The second kappa shape index (κ2) is 5.96. The molecule has 0 amide bonds. The first-order chi connectivity index (χ1) is 7.93. The fraction of sp³-hybridized carbons (Fsp3) is 0.846. The van der Waals surface area contributed by atoms with Crippen LogP contribution in [0.3, 0.4) is 0 Å². The molecule has 1 fully saturated rings. The molecule has 3 atom stereocenters. The number of hydrogen-bond donors (Lipinski definition) is 0. The van der Waals surface area contributed by atoms with E-state index in [0.29, 0.717) is 6.61 Å². The first-order valence-corrected chi connectivity index (χ1v) is 5.89. The van der Waals surface area contributed by atoms with Gasteiger partial charge < -0.3 is 18.9 Å². The highest BCUT2D eigenvalue weighted by atomic mass is 16.8. The van der Waals surface area contributed by atoms with Crippen molar-refractivity contribution in [3.63, 3.8) is 0 Å². The molecule has 0 unspecified atom stereocenters. The Labute approximate surface area is 104 Å². The molecule has 1 heterocycles. The number of hydrogen-bond acceptors (Lipinski definition) is 4. The fourth-order valence-corrected chi connectivity index (χ4v) is 2.08. The van der Waals surface area contributed by atoms with Gasteiger partial charge in [0.1, 0.15) is 0 Å². The highest BCUT2D eigenvalue weighted by molar-refractivity contribution is 4.93. The van der Waals surface area contributed by atoms with Crippen LogP contribution in [-0.2, 0) is 18.9 Å². The summed E-state index contributed by atoms with van der Waals surface area (Å²) in [5.41, 5.74) is 0.0208. The molecule has 0 aliphatic carbocycles. The standard InChI is InChI=1S/C13H24O4/c1-7-9-8-16-12(11(14-5)15-6)17-10(9)13(2,3)4/h7,9-12H,1,8H2,2-6H3/t9-,10-,12-/m0/s1. The van der Waals surface area contributed by atoms with Crippen LogP contribution >= 0.6 is 0 Å². The Kier molecular flexibility index (Phi) is 5.13. The summed E-state index contributed by atoms with van der Waals surface area (Å²) in [7, 11) is 3.15. The summed E-state index contributed by atoms with van der Waals surface area (Å²) in [4.78, 5) is 0. The van der Waals surface area contributed by atoms with Crippen LogP contribution in [-0.4, -0.2) is 39.5 Å². The maximum atomic E-state index is 5.95. The van der Waals surface area contributed by atoms with Crippen LogP contribution in [0.2, 0.25) is 0 Å². The molecule has 1 aliphatic rings. The smallest absolute Gasteiger partial charge is 0.209 e. The minimum atomic E-state index is -0.495. The van der Waals surface area contributed by atoms with Gasteiger partial charge in [0.15, 0.2) is 0 Å². The molecule has 17 heavy (non-hydrogen) atoms. The molecular weight excluding hydrogens is 220 g/mol. The van der Waals surface area contributed by atoms with Crippen molar-refractivity contribution in [2.24, 2.45) is 11.3 Å². The lowest BCUT2D eigenvalue weighted by Gasteiger charge is -2.43. The average molecular weight is 244 g/mol. The SMILES string of the molecule is C=C[C@H]1CO[C@H](C(OC)OC)O[C@@H]1C(C)(C)C. The molecule has 1 aliphatic heterocycles. The largest absolute Gasteiger partial charge is 0.351 e. The van der Waals surface area contributed by atoms with Crippen LogP contribution < -0.4 is 0 Å². The van der Waals surface area contributed by atoms with E-state index in [9.17, 15) is 0 Å². The molecule has 0 aromatic carbocycles. The second-order valence-corrected chi connectivity index (χ2v) is 5.36. The van der Waals surface area contributed by atoms with Gasteiger partial charge in [0, 0.05) is 20.1 Å². The van der Waals surface area contributed by atoms with Gasteiger partial charge in [0.2, 0.25) is 12.6 Å². The summed E-state index contributed by atoms with van der Waals surface area (Å²) in [6, 6.07) is 0. The minimum Gasteiger partial charge on any atom is -0.351 e. The van der Waals surface area contributed by atoms with E-state index in [1.54, 1.807) is 14.2 Å². The number of rotatable bonds is 4. The zero-order chi connectivity index (χ0) is 13.1. The molecule has 0 aromatic rings. The molecule has 0 bridgehead atoms. The van der Waals surface area contributed by atoms with E-state index in [4.69, 9.17) is 18.9 Å². The molecular formula is C13H24O4. The third-order valence-electron chi connectivity index (χ3n) is 2.97. The highest BCUT2D eigenvalue weighted by Gasteiger charge is 2.40. The molecule has 0 spiro atoms. The van der Waals surface area contributed by atoms with E-state index in [1.807, 2.05) is 6.08 Å². The Balaban J connectivity index is 2.75. The molecule has 0 aromatic heterocycles. The molecule has 1 saturated heterocycles. The van der Waals surface area contributed by atoms with E-state index >= 15 is 0 Å². The predicted octanol–water partition coefficient (Wildman–Crippen LogP) is 2.20. The van der Waals surface area contributed by atoms with Crippen LogP contribution in [0.25, 0.3) is 0 Å². The monoisotopic (exact) mass is 244 g/mol. The predicted molar refractivity (Wildman–Crippen MR) is 65.6 cm³/mol. The maximum Gasteiger partial charge on any atom is 0.209 e. The molecule has 0 saturated carbocycles. The minimum absolute atomic E-state index is 0.0208. The Morgan fingerprint density at radius 1 is 1.29 bits per heavy atom. The van der Waals surface area contributed by atoms with Gasteiger partial charge in [-0.25, -0.2) is 0 Å². The Hall–Kier alpha value is -0.420. The maximum absolute atomic E-state index is 5.95. The molecule has 0 N–H and O–H groups in total. The van der Waals surface area contributed by atoms with Crippen molar-refractivity contribution in [3.05, 3.63) is 12.7 Å². The van der Waals surface area contributed by atoms with E-state index < -0.39 is 12.6 Å². The van der Waals surface area contributed by atoms with Gasteiger partial charge in [-0.05, 0) is 5.41 Å². The quantitative estimate of drug-likeness (QED) is 0.561. The van der Waals surface area contributed by atoms with Gasteiger partial charge >= 0.3 is 0 Å². The van der Waals surface area contributed by atoms with Gasteiger partial charge in [-0.1, -0.05) is 26.8 Å². The van der Waals surface area contributed by atoms with Crippen LogP contribution in [0.4, 0.5) is 0 Å². The lowest BCUT2D eigenvalue weighted by molar-refractivity contribution is -0.326. The Morgan fingerprint density at radius 3 is 2.29 bits per heavy atom. The first-order valence-electron chi connectivity index (χ1n) is 5.89. The van der Waals surface area contributed by atoms with Gasteiger partial charge in [0.05, 0.1) is 12.7 Å². The van der Waals surface area contributed by atoms with Gasteiger partial charge in [-0.15, -0.1) is 6.58 Å². The number of ether oxygens (including phenoxy) is 4. The van der Waals surface area contributed by atoms with E-state index in [0.717, 1.165) is 0 Å². The zero-order valence-electron chi connectivity index (χ0n) is 11.4. The van der Waals surface area contributed by atoms with Crippen LogP contribution in [0.1, 0.15) is 20.8 Å². The van der Waals surface area contributed by atoms with Crippen molar-refractivity contribution in [1.29, 1.82) is 0 Å². The van der Waals surface area contributed by atoms with Gasteiger partial charge in [-0.2, -0.15) is 0 Å². The highest BCUT2D eigenvalue weighted by Crippen LogP contribution is 2.34. The summed E-state index contributed by atoms with van der Waals surface area (Å²) >= 11 is 0. The molecule has 4 nitrogen and oxygen atoms in total. The van der Waals surface area contributed by atoms with Crippen LogP contribution in [0.5, 0.6) is 0 Å². The Bertz CT molecular complexity index is 242. The van der Waals surface area contributed by atoms with Gasteiger partial charge in [-0.3, -0.25) is 0 Å². The van der Waals surface area contributed by atoms with Crippen molar-refractivity contribution in [2.75, 3.05) is 20.8 Å². The topological polar surface area (TPSA) is 36.9 Å². The molecule has 100 valence electrons. The normalized spacial score (nSPS) is 30.6. The van der Waals surface area contributed by atoms with E-state index in [1.165, 1.54) is 0 Å². The summed E-state index contributed by atoms with van der Waals surface area (Å²) < 4.78 is 21.9. The third kappa shape index (κ3) is 3.52. The average Bonchev–Trinajstić information content (AvgIpc) is 2.29. The van der Waals surface area contributed by atoms with Crippen LogP contribution in [0.15, 0.2) is 12.7 Å². The van der Waals surface area contributed by atoms with E-state index in [-0.39, 0.29) is 17.4 Å². The summed E-state index contributed by atoms with van der Waals surface area (Å²) in [5.74, 6) is 0.195. The molecule has 1 rings (SSSR count). The van der Waals surface area contributed by atoms with Gasteiger partial charge in [0.25, 0.3) is 0 Å². The molecule has 4 heteroatoms. The number of methoxy groups -OCH3 is 2. The van der Waals surface area contributed by atoms with Crippen molar-refractivity contribution >= 4 is 0 Å². The van der Waals surface area contributed by atoms with Crippen molar-refractivity contribution < 1.29 is 18.9 Å². The van der Waals surface area contributed by atoms with E-state index in [2.05, 4.69) is 27.4 Å². The third-order valence-corrected chi connectivity index (χ3v) is 2.97. The molecule has 0 radical (unpaired) electrons. The van der Waals surface area contributed by atoms with Crippen molar-refractivity contribution in [3.8, 4) is 0 Å². The summed E-state index contributed by atoms with van der Waals surface area (Å²) in [6.07, 6.45) is 0.961. The Morgan fingerprint density at radius 2 is 1.88 bits per heavy atom. The summed E-state index contributed by atoms with van der Waals surface area (Å²) in [5, 5.41) is 0. The second-order valence-electron chi connectivity index (χ2n) is 5.36. The van der Waals surface area contributed by atoms with Crippen molar-refractivity contribution in [2.45, 2.75) is 39.5 Å². The summed E-state index contributed by atoms with van der Waals surface area (Å²) in [6.45, 7) is 10.9. The lowest BCUT2D eigenvalue weighted by atomic mass is 9.81. The fourth-order valence-electron chi connectivity index (χ4n) is 2.08. The lowest BCUT2D eigenvalue weighted by Crippen LogP contribution is -2.50. The van der Waals surface area contributed by atoms with Crippen LogP contribution in [0, 0.1) is 11.3 Å². The van der Waals surface area contributed by atoms with Crippen molar-refractivity contribution in [1.82, 2.24) is 0 Å². The zero-order valence-corrected chi connectivity index (χ0v) is 11.4.